The Bertz CT molecular complexity index is 940. The van der Waals surface area contributed by atoms with Crippen LogP contribution in [0.25, 0.3) is 0 Å². The van der Waals surface area contributed by atoms with Gasteiger partial charge in [-0.2, -0.15) is 0 Å². The summed E-state index contributed by atoms with van der Waals surface area (Å²) in [5.41, 5.74) is 5.32. The molecular weight excluding hydrogens is 408 g/mol. The van der Waals surface area contributed by atoms with Crippen molar-refractivity contribution in [2.24, 2.45) is 28.5 Å². The van der Waals surface area contributed by atoms with Crippen molar-refractivity contribution in [3.8, 4) is 5.75 Å². The second-order valence-corrected chi connectivity index (χ2v) is 9.76. The van der Waals surface area contributed by atoms with Gasteiger partial charge < -0.3 is 20.9 Å². The second-order valence-electron chi connectivity index (χ2n) is 9.76. The maximum Gasteiger partial charge on any atom is 0.231 e. The molecule has 32 heavy (non-hydrogen) atoms. The summed E-state index contributed by atoms with van der Waals surface area (Å²) >= 11 is 0. The number of amides is 2. The molecule has 2 aliphatic heterocycles. The summed E-state index contributed by atoms with van der Waals surface area (Å²) in [6, 6.07) is 6.86. The van der Waals surface area contributed by atoms with Crippen molar-refractivity contribution in [3.63, 3.8) is 0 Å². The molecule has 4 rings (SSSR count). The van der Waals surface area contributed by atoms with E-state index in [1.54, 1.807) is 6.92 Å². The molecule has 0 aromatic heterocycles. The van der Waals surface area contributed by atoms with Crippen LogP contribution in [0.3, 0.4) is 0 Å². The predicted molar refractivity (Wildman–Crippen MR) is 121 cm³/mol. The van der Waals surface area contributed by atoms with Crippen molar-refractivity contribution < 1.29 is 19.4 Å². The first-order valence-electron chi connectivity index (χ1n) is 11.5. The van der Waals surface area contributed by atoms with Crippen LogP contribution in [0.1, 0.15) is 58.6 Å². The summed E-state index contributed by atoms with van der Waals surface area (Å²) < 4.78 is 5.66. The Kier molecular flexibility index (Phi) is 5.69. The summed E-state index contributed by atoms with van der Waals surface area (Å²) in [6.07, 6.45) is 1.88. The summed E-state index contributed by atoms with van der Waals surface area (Å²) in [5.74, 6) is 0.641. The van der Waals surface area contributed by atoms with Gasteiger partial charge in [0.1, 0.15) is 18.0 Å². The van der Waals surface area contributed by atoms with Gasteiger partial charge in [0.2, 0.25) is 11.8 Å². The van der Waals surface area contributed by atoms with Crippen LogP contribution in [0.2, 0.25) is 0 Å². The van der Waals surface area contributed by atoms with Crippen LogP contribution < -0.4 is 15.8 Å². The van der Waals surface area contributed by atoms with E-state index >= 15 is 0 Å². The van der Waals surface area contributed by atoms with E-state index in [-0.39, 0.29) is 42.1 Å². The van der Waals surface area contributed by atoms with E-state index in [0.717, 1.165) is 18.4 Å². The molecule has 2 amide bonds. The van der Waals surface area contributed by atoms with Gasteiger partial charge in [-0.3, -0.25) is 14.5 Å². The zero-order valence-electron chi connectivity index (χ0n) is 19.3. The molecule has 0 saturated heterocycles. The van der Waals surface area contributed by atoms with Crippen molar-refractivity contribution in [2.75, 3.05) is 13.2 Å². The number of nitrogens with two attached hydrogens (primary N) is 1. The Balaban J connectivity index is 1.45. The minimum atomic E-state index is -1.22. The molecule has 1 aliphatic carbocycles. The maximum atomic E-state index is 13.2. The van der Waals surface area contributed by atoms with E-state index in [9.17, 15) is 14.7 Å². The van der Waals surface area contributed by atoms with Gasteiger partial charge in [-0.1, -0.05) is 39.0 Å². The van der Waals surface area contributed by atoms with Gasteiger partial charge in [-0.05, 0) is 37.7 Å². The zero-order valence-corrected chi connectivity index (χ0v) is 19.3. The van der Waals surface area contributed by atoms with Crippen LogP contribution in [0.5, 0.6) is 5.75 Å². The molecule has 5 atom stereocenters. The molecule has 1 fully saturated rings. The predicted octanol–water partition coefficient (Wildman–Crippen LogP) is 1.98. The number of carbonyl (C=O) groups is 2. The molecule has 8 nitrogen and oxygen atoms in total. The number of aliphatic hydroxyl groups is 1. The molecule has 1 saturated carbocycles. The van der Waals surface area contributed by atoms with E-state index in [4.69, 9.17) is 10.5 Å². The van der Waals surface area contributed by atoms with Gasteiger partial charge in [-0.15, -0.1) is 0 Å². The van der Waals surface area contributed by atoms with Crippen molar-refractivity contribution in [3.05, 3.63) is 29.8 Å². The highest BCUT2D eigenvalue weighted by Crippen LogP contribution is 2.48. The van der Waals surface area contributed by atoms with E-state index < -0.39 is 17.2 Å². The minimum Gasteiger partial charge on any atom is -0.490 e. The number of aliphatic imine (C=N–C) groups is 1. The largest absolute Gasteiger partial charge is 0.490 e. The molecular formula is C24H34N4O4. The zero-order chi connectivity index (χ0) is 23.3. The average molecular weight is 443 g/mol. The van der Waals surface area contributed by atoms with E-state index in [2.05, 4.69) is 10.3 Å². The monoisotopic (exact) mass is 442 g/mol. The third kappa shape index (κ3) is 3.85. The Labute approximate surface area is 189 Å². The topological polar surface area (TPSA) is 117 Å². The quantitative estimate of drug-likeness (QED) is 0.623. The normalized spacial score (nSPS) is 33.1. The van der Waals surface area contributed by atoms with Gasteiger partial charge in [0.25, 0.3) is 0 Å². The van der Waals surface area contributed by atoms with Crippen LogP contribution >= 0.6 is 0 Å². The number of guanidine groups is 1. The highest BCUT2D eigenvalue weighted by Gasteiger charge is 2.54. The summed E-state index contributed by atoms with van der Waals surface area (Å²) in [6.45, 7) is 8.21. The van der Waals surface area contributed by atoms with Crippen LogP contribution in [0.4, 0.5) is 0 Å². The first kappa shape index (κ1) is 22.6. The van der Waals surface area contributed by atoms with Gasteiger partial charge >= 0.3 is 0 Å². The van der Waals surface area contributed by atoms with Crippen LogP contribution in [0.15, 0.2) is 29.3 Å². The molecule has 2 heterocycles. The highest BCUT2D eigenvalue weighted by atomic mass is 16.5. The lowest BCUT2D eigenvalue weighted by atomic mass is 9.87. The number of hydrogen-bond donors (Lipinski definition) is 3. The van der Waals surface area contributed by atoms with E-state index in [0.29, 0.717) is 18.7 Å². The molecule has 0 spiro atoms. The summed E-state index contributed by atoms with van der Waals surface area (Å²) in [4.78, 5) is 32.2. The first-order chi connectivity index (χ1) is 15.1. The fourth-order valence-corrected chi connectivity index (χ4v) is 5.13. The Morgan fingerprint density at radius 1 is 1.34 bits per heavy atom. The molecule has 4 N–H and O–H groups in total. The number of ether oxygens (including phenoxy) is 1. The first-order valence-corrected chi connectivity index (χ1v) is 11.5. The smallest absolute Gasteiger partial charge is 0.231 e. The maximum absolute atomic E-state index is 13.2. The molecule has 3 aliphatic rings. The highest BCUT2D eigenvalue weighted by molar-refractivity contribution is 5.99. The molecule has 0 radical (unpaired) electrons. The molecule has 174 valence electrons. The van der Waals surface area contributed by atoms with Crippen molar-refractivity contribution in [1.82, 2.24) is 10.2 Å². The molecule has 1 aromatic rings. The van der Waals surface area contributed by atoms with Crippen LogP contribution in [-0.2, 0) is 9.59 Å². The van der Waals surface area contributed by atoms with E-state index in [1.165, 1.54) is 4.90 Å². The van der Waals surface area contributed by atoms with Gasteiger partial charge in [-0.25, -0.2) is 4.99 Å². The van der Waals surface area contributed by atoms with Crippen molar-refractivity contribution in [1.29, 1.82) is 0 Å². The SMILES string of the molecule is CCC1(CC)CC(=O)N(CC2C(C)C2C(=O)NC2c3ccccc3OCC2(C)O)C(N)=N1. The number of nitrogens with zero attached hydrogens (tertiary/aromatic N) is 2. The van der Waals surface area contributed by atoms with Crippen molar-refractivity contribution >= 4 is 17.8 Å². The molecule has 8 heteroatoms. The van der Waals surface area contributed by atoms with Gasteiger partial charge in [0.05, 0.1) is 18.0 Å². The van der Waals surface area contributed by atoms with Crippen molar-refractivity contribution in [2.45, 2.75) is 64.1 Å². The Morgan fingerprint density at radius 3 is 2.69 bits per heavy atom. The average Bonchev–Trinajstić information content (AvgIpc) is 3.41. The number of carbonyl (C=O) groups excluding carboxylic acids is 2. The Hall–Kier alpha value is -2.61. The van der Waals surface area contributed by atoms with E-state index in [1.807, 2.05) is 45.0 Å². The third-order valence-corrected chi connectivity index (χ3v) is 7.64. The number of benzene rings is 1. The molecule has 5 unspecified atom stereocenters. The number of hydrogen-bond acceptors (Lipinski definition) is 6. The number of nitrogens with one attached hydrogen (secondary N) is 1. The Morgan fingerprint density at radius 2 is 2.03 bits per heavy atom. The lowest BCUT2D eigenvalue weighted by Crippen LogP contribution is -2.52. The number of para-hydroxylation sites is 1. The fraction of sp³-hybridized carbons (Fsp3) is 0.625. The minimum absolute atomic E-state index is 0.00323. The third-order valence-electron chi connectivity index (χ3n) is 7.64. The number of rotatable bonds is 6. The fourth-order valence-electron chi connectivity index (χ4n) is 5.13. The second kappa shape index (κ2) is 8.06. The lowest BCUT2D eigenvalue weighted by molar-refractivity contribution is -0.131. The molecule has 0 bridgehead atoms. The van der Waals surface area contributed by atoms with Gasteiger partial charge in [0.15, 0.2) is 5.96 Å². The number of fused-ring (bicyclic) bond motifs is 1. The van der Waals surface area contributed by atoms with Crippen LogP contribution in [-0.4, -0.2) is 52.1 Å². The standard InChI is InChI=1S/C24H34N4O4/c1-5-24(6-2)11-18(29)28(22(25)27-24)12-16-14(3)19(16)21(30)26-20-15-9-7-8-10-17(15)32-13-23(20,4)31/h7-10,14,16,19-20,31H,5-6,11-13H2,1-4H3,(H2,25,27)(H,26,30). The summed E-state index contributed by atoms with van der Waals surface area (Å²) in [5, 5.41) is 13.9. The summed E-state index contributed by atoms with van der Waals surface area (Å²) in [7, 11) is 0. The van der Waals surface area contributed by atoms with Crippen LogP contribution in [0, 0.1) is 17.8 Å². The molecule has 1 aromatic carbocycles. The lowest BCUT2D eigenvalue weighted by Gasteiger charge is -2.38. The van der Waals surface area contributed by atoms with Gasteiger partial charge in [0, 0.05) is 18.0 Å².